The number of rotatable bonds is 5. The molecular formula is C18H21N7O3. The fourth-order valence-electron chi connectivity index (χ4n) is 2.44. The molecule has 0 aliphatic rings. The summed E-state index contributed by atoms with van der Waals surface area (Å²) >= 11 is 0. The molecule has 0 fully saturated rings. The number of hydrogen-bond donors (Lipinski definition) is 2. The zero-order valence-electron chi connectivity index (χ0n) is 15.7. The third-order valence-corrected chi connectivity index (χ3v) is 3.96. The fourth-order valence-corrected chi connectivity index (χ4v) is 2.44. The summed E-state index contributed by atoms with van der Waals surface area (Å²) < 4.78 is 1.47. The average Bonchev–Trinajstić information content (AvgIpc) is 3.18. The Bertz CT molecular complexity index is 983. The number of aromatic nitrogens is 4. The Morgan fingerprint density at radius 2 is 1.93 bits per heavy atom. The summed E-state index contributed by atoms with van der Waals surface area (Å²) in [4.78, 5) is 29.9. The molecule has 3 rings (SSSR count). The van der Waals surface area contributed by atoms with Gasteiger partial charge in [0.1, 0.15) is 0 Å². The molecule has 146 valence electrons. The average molecular weight is 383 g/mol. The molecule has 0 saturated heterocycles. The van der Waals surface area contributed by atoms with E-state index < -0.39 is 16.7 Å². The van der Waals surface area contributed by atoms with Crippen molar-refractivity contribution in [3.05, 3.63) is 58.7 Å². The molecule has 0 aliphatic heterocycles. The minimum Gasteiger partial charge on any atom is -0.378 e. The lowest BCUT2D eigenvalue weighted by Gasteiger charge is -2.07. The second kappa shape index (κ2) is 8.71. The normalized spacial score (nSPS) is 11.2. The molecule has 10 heteroatoms. The van der Waals surface area contributed by atoms with E-state index in [4.69, 9.17) is 11.5 Å². The van der Waals surface area contributed by atoms with Crippen LogP contribution in [0.2, 0.25) is 0 Å². The Kier molecular flexibility index (Phi) is 6.38. The number of primary amides is 1. The predicted molar refractivity (Wildman–Crippen MR) is 105 cm³/mol. The number of amides is 1. The van der Waals surface area contributed by atoms with Crippen LogP contribution in [-0.2, 0) is 4.79 Å². The minimum absolute atomic E-state index is 0.164. The predicted octanol–water partition coefficient (Wildman–Crippen LogP) is 2.43. The molecule has 28 heavy (non-hydrogen) atoms. The molecule has 0 saturated carbocycles. The first-order chi connectivity index (χ1) is 13.4. The monoisotopic (exact) mass is 383 g/mol. The van der Waals surface area contributed by atoms with Gasteiger partial charge in [0.25, 0.3) is 0 Å². The van der Waals surface area contributed by atoms with Crippen LogP contribution in [0.1, 0.15) is 32.3 Å². The number of nitrogens with zero attached hydrogens (tertiary/aromatic N) is 5. The lowest BCUT2D eigenvalue weighted by atomic mass is 10.0. The topological polar surface area (TPSA) is 156 Å². The Balaban J connectivity index is 0.00000136. The molecule has 3 aromatic heterocycles. The molecule has 0 radical (unpaired) electrons. The Hall–Kier alpha value is -3.82. The summed E-state index contributed by atoms with van der Waals surface area (Å²) in [5, 5.41) is 15.4. The summed E-state index contributed by atoms with van der Waals surface area (Å²) in [6.45, 7) is 5.69. The molecule has 1 amide bonds. The minimum atomic E-state index is -0.576. The number of nitrogens with two attached hydrogens (primary N) is 2. The van der Waals surface area contributed by atoms with Crippen LogP contribution in [0, 0.1) is 10.1 Å². The largest absolute Gasteiger partial charge is 0.378 e. The zero-order chi connectivity index (χ0) is 20.8. The van der Waals surface area contributed by atoms with Gasteiger partial charge in [-0.1, -0.05) is 19.9 Å². The van der Waals surface area contributed by atoms with Crippen molar-refractivity contribution >= 4 is 17.4 Å². The van der Waals surface area contributed by atoms with Crippen molar-refractivity contribution in [2.24, 2.45) is 5.73 Å². The molecule has 0 spiro atoms. The molecule has 0 aliphatic carbocycles. The summed E-state index contributed by atoms with van der Waals surface area (Å²) in [6.07, 6.45) is 6.01. The quantitative estimate of drug-likeness (QED) is 0.506. The van der Waals surface area contributed by atoms with Gasteiger partial charge in [0.2, 0.25) is 11.7 Å². The van der Waals surface area contributed by atoms with Crippen LogP contribution >= 0.6 is 0 Å². The first-order valence-corrected chi connectivity index (χ1v) is 8.58. The number of anilines is 1. The number of nitro groups is 1. The highest BCUT2D eigenvalue weighted by molar-refractivity contribution is 5.81. The van der Waals surface area contributed by atoms with Gasteiger partial charge < -0.3 is 11.5 Å². The smallest absolute Gasteiger partial charge is 0.319 e. The maximum atomic E-state index is 11.3. The van der Waals surface area contributed by atoms with Crippen molar-refractivity contribution in [3.8, 4) is 16.9 Å². The highest BCUT2D eigenvalue weighted by Gasteiger charge is 2.21. The van der Waals surface area contributed by atoms with Gasteiger partial charge in [0, 0.05) is 24.2 Å². The lowest BCUT2D eigenvalue weighted by Crippen LogP contribution is -2.18. The molecule has 0 bridgehead atoms. The zero-order valence-corrected chi connectivity index (χ0v) is 15.7. The van der Waals surface area contributed by atoms with E-state index in [1.165, 1.54) is 23.1 Å². The molecule has 4 N–H and O–H groups in total. The molecule has 10 nitrogen and oxygen atoms in total. The van der Waals surface area contributed by atoms with Crippen LogP contribution in [0.4, 0.5) is 11.5 Å². The number of carbonyl (C=O) groups excluding carboxylic acids is 1. The van der Waals surface area contributed by atoms with Gasteiger partial charge in [-0.3, -0.25) is 14.9 Å². The van der Waals surface area contributed by atoms with Crippen molar-refractivity contribution < 1.29 is 9.72 Å². The van der Waals surface area contributed by atoms with Crippen molar-refractivity contribution in [1.82, 2.24) is 19.7 Å². The third kappa shape index (κ3) is 4.11. The molecule has 3 heterocycles. The number of nitrogen functional groups attached to an aromatic ring is 1. The van der Waals surface area contributed by atoms with Gasteiger partial charge >= 0.3 is 5.69 Å². The van der Waals surface area contributed by atoms with Crippen molar-refractivity contribution in [3.63, 3.8) is 0 Å². The van der Waals surface area contributed by atoms with E-state index in [-0.39, 0.29) is 11.5 Å². The van der Waals surface area contributed by atoms with Crippen LogP contribution in [0.25, 0.3) is 16.9 Å². The molecular weight excluding hydrogens is 362 g/mol. The molecule has 0 aromatic carbocycles. The van der Waals surface area contributed by atoms with E-state index in [9.17, 15) is 14.9 Å². The highest BCUT2D eigenvalue weighted by atomic mass is 16.6. The van der Waals surface area contributed by atoms with Gasteiger partial charge in [0.05, 0.1) is 22.6 Å². The van der Waals surface area contributed by atoms with E-state index >= 15 is 0 Å². The van der Waals surface area contributed by atoms with Gasteiger partial charge in [-0.15, -0.1) is 0 Å². The maximum Gasteiger partial charge on any atom is 0.319 e. The maximum absolute atomic E-state index is 11.3. The lowest BCUT2D eigenvalue weighted by molar-refractivity contribution is -0.383. The molecule has 1 atom stereocenters. The van der Waals surface area contributed by atoms with E-state index in [2.05, 4.69) is 15.1 Å². The summed E-state index contributed by atoms with van der Waals surface area (Å²) in [6, 6.07) is 4.91. The van der Waals surface area contributed by atoms with Crippen LogP contribution in [0.3, 0.4) is 0 Å². The fraction of sp³-hybridized carbons (Fsp3) is 0.222. The van der Waals surface area contributed by atoms with Gasteiger partial charge in [-0.05, 0) is 24.6 Å². The van der Waals surface area contributed by atoms with E-state index in [1.54, 1.807) is 31.5 Å². The standard InChI is InChI=1S/C16H15N7O3.C2H6/c1-9(16(18)24)10-2-3-13(20-6-10)22-8-11(7-21-22)12-4-5-19-15(17)14(12)23(25)26;1-2/h2-9H,1H3,(H2,17,19)(H2,18,24);1-2H3. The van der Waals surface area contributed by atoms with E-state index in [0.717, 1.165) is 0 Å². The van der Waals surface area contributed by atoms with Gasteiger partial charge in [-0.2, -0.15) is 5.10 Å². The van der Waals surface area contributed by atoms with Gasteiger partial charge in [-0.25, -0.2) is 14.6 Å². The first-order valence-electron chi connectivity index (χ1n) is 8.58. The van der Waals surface area contributed by atoms with Crippen LogP contribution in [0.15, 0.2) is 43.0 Å². The summed E-state index contributed by atoms with van der Waals surface area (Å²) in [7, 11) is 0. The Morgan fingerprint density at radius 1 is 1.21 bits per heavy atom. The SMILES string of the molecule is CC.CC(C(N)=O)c1ccc(-n2cc(-c3ccnc(N)c3[N+](=O)[O-])cn2)nc1. The number of pyridine rings is 2. The number of carbonyl (C=O) groups is 1. The third-order valence-electron chi connectivity index (χ3n) is 3.96. The Labute approximate surface area is 161 Å². The van der Waals surface area contributed by atoms with E-state index in [0.29, 0.717) is 22.5 Å². The molecule has 3 aromatic rings. The summed E-state index contributed by atoms with van der Waals surface area (Å²) in [5.41, 5.74) is 12.1. The second-order valence-electron chi connectivity index (χ2n) is 5.60. The van der Waals surface area contributed by atoms with Crippen LogP contribution in [-0.4, -0.2) is 30.6 Å². The van der Waals surface area contributed by atoms with Crippen LogP contribution < -0.4 is 11.5 Å². The van der Waals surface area contributed by atoms with E-state index in [1.807, 2.05) is 13.8 Å². The van der Waals surface area contributed by atoms with Crippen LogP contribution in [0.5, 0.6) is 0 Å². The number of hydrogen-bond acceptors (Lipinski definition) is 7. The highest BCUT2D eigenvalue weighted by Crippen LogP contribution is 2.33. The second-order valence-corrected chi connectivity index (χ2v) is 5.60. The Morgan fingerprint density at radius 3 is 2.50 bits per heavy atom. The molecule has 1 unspecified atom stereocenters. The summed E-state index contributed by atoms with van der Waals surface area (Å²) in [5.74, 6) is -0.569. The van der Waals surface area contributed by atoms with Crippen molar-refractivity contribution in [2.75, 3.05) is 5.73 Å². The van der Waals surface area contributed by atoms with Gasteiger partial charge in [0.15, 0.2) is 5.82 Å². The first kappa shape index (κ1) is 20.5. The van der Waals surface area contributed by atoms with Crippen molar-refractivity contribution in [1.29, 1.82) is 0 Å². The van der Waals surface area contributed by atoms with Crippen molar-refractivity contribution in [2.45, 2.75) is 26.7 Å².